The average Bonchev–Trinajstić information content (AvgIpc) is 3.60. The molecule has 5 rings (SSSR count). The minimum Gasteiger partial charge on any atom is -0.458 e. The van der Waals surface area contributed by atoms with Gasteiger partial charge in [0, 0.05) is 24.1 Å². The van der Waals surface area contributed by atoms with E-state index in [9.17, 15) is 19.3 Å². The highest BCUT2D eigenvalue weighted by molar-refractivity contribution is 7.52. The second kappa shape index (κ2) is 9.16. The summed E-state index contributed by atoms with van der Waals surface area (Å²) in [6.45, 7) is 7.72. The van der Waals surface area contributed by atoms with Gasteiger partial charge in [0.1, 0.15) is 23.3 Å². The monoisotopic (exact) mass is 564 g/mol. The van der Waals surface area contributed by atoms with E-state index in [4.69, 9.17) is 24.3 Å². The van der Waals surface area contributed by atoms with Crippen molar-refractivity contribution >= 4 is 19.5 Å². The number of anilines is 1. The van der Waals surface area contributed by atoms with Gasteiger partial charge < -0.3 is 24.8 Å². The van der Waals surface area contributed by atoms with Gasteiger partial charge in [-0.15, -0.1) is 0 Å². The van der Waals surface area contributed by atoms with Gasteiger partial charge in [0.15, 0.2) is 0 Å². The summed E-state index contributed by atoms with van der Waals surface area (Å²) in [6, 6.07) is 8.39. The number of hydrogen-bond acceptors (Lipinski definition) is 10. The molecule has 0 bridgehead atoms. The van der Waals surface area contributed by atoms with Crippen molar-refractivity contribution in [2.75, 3.05) is 18.9 Å². The first-order chi connectivity index (χ1) is 18.3. The van der Waals surface area contributed by atoms with Crippen molar-refractivity contribution in [1.29, 1.82) is 0 Å². The number of halogens is 1. The van der Waals surface area contributed by atoms with Crippen LogP contribution in [-0.4, -0.2) is 51.4 Å². The predicted molar refractivity (Wildman–Crippen MR) is 136 cm³/mol. The Balaban J connectivity index is 1.43. The highest BCUT2D eigenvalue weighted by atomic mass is 31.2. The quantitative estimate of drug-likeness (QED) is 0.208. The van der Waals surface area contributed by atoms with Gasteiger partial charge in [-0.2, -0.15) is 4.98 Å². The molecule has 2 saturated carbocycles. The van der Waals surface area contributed by atoms with E-state index < -0.39 is 66.9 Å². The number of para-hydroxylation sites is 1. The zero-order valence-electron chi connectivity index (χ0n) is 21.6. The number of carbonyl (C=O) groups excluding carboxylic acids is 1. The van der Waals surface area contributed by atoms with Crippen LogP contribution >= 0.6 is 7.75 Å². The molecule has 3 aliphatic rings. The second-order valence-electron chi connectivity index (χ2n) is 10.4. The number of hydrogen-bond donors (Lipinski definition) is 3. The number of esters is 1. The van der Waals surface area contributed by atoms with Gasteiger partial charge in [-0.3, -0.25) is 14.2 Å². The van der Waals surface area contributed by atoms with E-state index in [1.165, 1.54) is 24.4 Å². The summed E-state index contributed by atoms with van der Waals surface area (Å²) in [5.74, 6) is -4.49. The van der Waals surface area contributed by atoms with E-state index in [0.29, 0.717) is 0 Å². The molecule has 4 N–H and O–H groups in total. The van der Waals surface area contributed by atoms with E-state index in [2.05, 4.69) is 16.7 Å². The summed E-state index contributed by atoms with van der Waals surface area (Å²) in [4.78, 5) is 28.5. The van der Waals surface area contributed by atoms with Crippen LogP contribution in [0, 0.1) is 17.3 Å². The number of nitrogens with one attached hydrogen (secondary N) is 1. The summed E-state index contributed by atoms with van der Waals surface area (Å²) >= 11 is 0. The maximum atomic E-state index is 16.0. The minimum absolute atomic E-state index is 0.0141. The SMILES string of the molecule is C=C(NP(=O)(OCC12C3[C@@H](n4ccc(N)nc4=O)C3(F)OC1(C)[C@@H]2CO)Oc1ccccc1)C(=O)OC(C)C. The van der Waals surface area contributed by atoms with E-state index >= 15 is 4.39 Å². The van der Waals surface area contributed by atoms with Gasteiger partial charge >= 0.3 is 19.4 Å². The van der Waals surface area contributed by atoms with Crippen molar-refractivity contribution in [3.8, 4) is 5.75 Å². The third-order valence-electron chi connectivity index (χ3n) is 7.72. The van der Waals surface area contributed by atoms with Crippen molar-refractivity contribution < 1.29 is 37.4 Å². The molecule has 14 heteroatoms. The molecule has 0 amide bonds. The molecular formula is C25H30FN4O8P. The van der Waals surface area contributed by atoms with Crippen LogP contribution in [0.1, 0.15) is 26.8 Å². The van der Waals surface area contributed by atoms with Crippen LogP contribution in [0.4, 0.5) is 10.2 Å². The maximum Gasteiger partial charge on any atom is 0.486 e. The first-order valence-corrected chi connectivity index (χ1v) is 13.9. The van der Waals surface area contributed by atoms with Gasteiger partial charge in [0.25, 0.3) is 0 Å². The molecule has 5 unspecified atom stereocenters. The van der Waals surface area contributed by atoms with Crippen LogP contribution in [0.2, 0.25) is 0 Å². The topological polar surface area (TPSA) is 164 Å². The summed E-state index contributed by atoms with van der Waals surface area (Å²) < 4.78 is 53.5. The predicted octanol–water partition coefficient (Wildman–Crippen LogP) is 2.32. The van der Waals surface area contributed by atoms with E-state index in [1.807, 2.05) is 0 Å². The first-order valence-electron chi connectivity index (χ1n) is 12.3. The molecular weight excluding hydrogens is 534 g/mol. The summed E-state index contributed by atoms with van der Waals surface area (Å²) in [7, 11) is -4.38. The highest BCUT2D eigenvalue weighted by Crippen LogP contribution is 2.87. The Morgan fingerprint density at radius 2 is 2.05 bits per heavy atom. The Kier molecular flexibility index (Phi) is 6.41. The molecule has 1 saturated heterocycles. The molecule has 7 atom stereocenters. The lowest BCUT2D eigenvalue weighted by molar-refractivity contribution is -0.142. The fraction of sp³-hybridized carbons (Fsp3) is 0.480. The van der Waals surface area contributed by atoms with Gasteiger partial charge in [-0.1, -0.05) is 24.8 Å². The number of nitrogens with two attached hydrogens (primary N) is 1. The molecule has 3 fully saturated rings. The van der Waals surface area contributed by atoms with Crippen molar-refractivity contribution in [2.24, 2.45) is 17.3 Å². The fourth-order valence-electron chi connectivity index (χ4n) is 5.93. The fourth-order valence-corrected chi connectivity index (χ4v) is 7.30. The molecule has 1 aliphatic heterocycles. The number of aliphatic hydroxyl groups is 1. The van der Waals surface area contributed by atoms with Gasteiger partial charge in [-0.25, -0.2) is 18.5 Å². The average molecular weight is 565 g/mol. The number of nitrogens with zero attached hydrogens (tertiary/aromatic N) is 2. The van der Waals surface area contributed by atoms with Crippen LogP contribution in [0.3, 0.4) is 0 Å². The molecule has 39 heavy (non-hydrogen) atoms. The van der Waals surface area contributed by atoms with Crippen LogP contribution in [0.5, 0.6) is 5.75 Å². The highest BCUT2D eigenvalue weighted by Gasteiger charge is 2.98. The Morgan fingerprint density at radius 3 is 2.67 bits per heavy atom. The van der Waals surface area contributed by atoms with Crippen LogP contribution < -0.4 is 21.0 Å². The zero-order chi connectivity index (χ0) is 28.4. The summed E-state index contributed by atoms with van der Waals surface area (Å²) in [5.41, 5.74) is 2.09. The number of aliphatic hydroxyl groups excluding tert-OH is 1. The van der Waals surface area contributed by atoms with Crippen LogP contribution in [-0.2, 0) is 23.4 Å². The Labute approximate surface area is 223 Å². The summed E-state index contributed by atoms with van der Waals surface area (Å²) in [5, 5.41) is 12.5. The molecule has 1 aromatic carbocycles. The standard InChI is InChI=1S/C25H30FN4O8P/c1-14(2)36-21(32)15(3)29-39(34,37-16-8-6-5-7-9-16)35-13-24-17(12-31)23(24,4)38-25(26)19(24)20(25)30-11-10-18(27)28-22(30)33/h5-11,14,17,19-20,31H,3,12-13H2,1-2,4H3,(H,29,34)(H2,27,28,33)/t17-,19?,20+,23?,24?,25?,39?/m0/s1. The molecule has 2 aliphatic carbocycles. The number of fused-ring (bicyclic) bond motifs is 3. The lowest BCUT2D eigenvalue weighted by Crippen LogP contribution is -2.31. The van der Waals surface area contributed by atoms with Crippen molar-refractivity contribution in [2.45, 2.75) is 44.4 Å². The molecule has 210 valence electrons. The van der Waals surface area contributed by atoms with Crippen LogP contribution in [0.15, 0.2) is 59.7 Å². The molecule has 2 aromatic rings. The molecule has 2 heterocycles. The van der Waals surface area contributed by atoms with E-state index in [-0.39, 0.29) is 23.9 Å². The van der Waals surface area contributed by atoms with Crippen molar-refractivity contribution in [3.63, 3.8) is 0 Å². The number of nitrogen functional groups attached to an aromatic ring is 1. The lowest BCUT2D eigenvalue weighted by Gasteiger charge is -2.25. The van der Waals surface area contributed by atoms with Gasteiger partial charge in [0.2, 0.25) is 5.85 Å². The van der Waals surface area contributed by atoms with Crippen LogP contribution in [0.25, 0.3) is 0 Å². The number of alkyl halides is 1. The molecule has 1 aromatic heterocycles. The number of carbonyl (C=O) groups is 1. The largest absolute Gasteiger partial charge is 0.486 e. The second-order valence-corrected chi connectivity index (χ2v) is 12.0. The van der Waals surface area contributed by atoms with E-state index in [0.717, 1.165) is 4.57 Å². The van der Waals surface area contributed by atoms with Crippen molar-refractivity contribution in [3.05, 3.63) is 65.4 Å². The lowest BCUT2D eigenvalue weighted by atomic mass is 9.95. The number of benzene rings is 1. The Hall–Kier alpha value is -3.25. The minimum atomic E-state index is -4.38. The van der Waals surface area contributed by atoms with Gasteiger partial charge in [0.05, 0.1) is 24.2 Å². The number of ether oxygens (including phenoxy) is 2. The number of rotatable bonds is 11. The van der Waals surface area contributed by atoms with E-state index in [1.54, 1.807) is 39.0 Å². The molecule has 12 nitrogen and oxygen atoms in total. The smallest absolute Gasteiger partial charge is 0.458 e. The molecule has 0 spiro atoms. The zero-order valence-corrected chi connectivity index (χ0v) is 22.5. The summed E-state index contributed by atoms with van der Waals surface area (Å²) in [6.07, 6.45) is 0.865. The first kappa shape index (κ1) is 27.3. The Bertz CT molecular complexity index is 1420. The molecule has 0 radical (unpaired) electrons. The number of aromatic nitrogens is 2. The van der Waals surface area contributed by atoms with Crippen molar-refractivity contribution in [1.82, 2.24) is 14.6 Å². The third kappa shape index (κ3) is 4.24. The maximum absolute atomic E-state index is 16.0. The normalized spacial score (nSPS) is 33.4. The van der Waals surface area contributed by atoms with Gasteiger partial charge in [-0.05, 0) is 39.0 Å². The third-order valence-corrected chi connectivity index (χ3v) is 9.19. The Morgan fingerprint density at radius 1 is 1.36 bits per heavy atom.